The number of ether oxygens (including phenoxy) is 1. The first-order valence-corrected chi connectivity index (χ1v) is 10.6. The number of benzene rings is 1. The van der Waals surface area contributed by atoms with Crippen molar-refractivity contribution in [1.82, 2.24) is 9.88 Å². The number of hydrogen-bond acceptors (Lipinski definition) is 5. The van der Waals surface area contributed by atoms with Crippen molar-refractivity contribution in [3.05, 3.63) is 48.7 Å². The van der Waals surface area contributed by atoms with E-state index in [0.29, 0.717) is 37.4 Å². The van der Waals surface area contributed by atoms with E-state index < -0.39 is 0 Å². The highest BCUT2D eigenvalue weighted by atomic mass is 16.5. The Kier molecular flexibility index (Phi) is 7.65. The smallest absolute Gasteiger partial charge is 0.260 e. The standard InChI is InChI=1S/C23H30N4O3/c1-3-26(4-2)21-11-10-19(16-24-21)25-23(29)18-12-14-27(15-13-18)22(28)17-30-20-8-6-5-7-9-20/h5-11,16,18H,3-4,12-15,17H2,1-2H3,(H,25,29). The molecule has 0 bridgehead atoms. The number of carbonyl (C=O) groups excluding carboxylic acids is 2. The van der Waals surface area contributed by atoms with Crippen molar-refractivity contribution in [2.75, 3.05) is 43.0 Å². The molecular formula is C23H30N4O3. The van der Waals surface area contributed by atoms with Gasteiger partial charge in [0.15, 0.2) is 6.61 Å². The van der Waals surface area contributed by atoms with Crippen molar-refractivity contribution in [3.63, 3.8) is 0 Å². The lowest BCUT2D eigenvalue weighted by molar-refractivity contribution is -0.136. The molecule has 0 spiro atoms. The molecule has 0 atom stereocenters. The van der Waals surface area contributed by atoms with Crippen molar-refractivity contribution < 1.29 is 14.3 Å². The fourth-order valence-electron chi connectivity index (χ4n) is 3.58. The number of pyridine rings is 1. The molecule has 0 unspecified atom stereocenters. The number of hydrogen-bond donors (Lipinski definition) is 1. The van der Waals surface area contributed by atoms with Gasteiger partial charge >= 0.3 is 0 Å². The van der Waals surface area contributed by atoms with E-state index in [0.717, 1.165) is 18.9 Å². The minimum absolute atomic E-state index is 0.0139. The Bertz CT molecular complexity index is 814. The Morgan fingerprint density at radius 1 is 1.10 bits per heavy atom. The molecule has 30 heavy (non-hydrogen) atoms. The van der Waals surface area contributed by atoms with Gasteiger partial charge in [-0.05, 0) is 51.0 Å². The van der Waals surface area contributed by atoms with Crippen LogP contribution in [0.15, 0.2) is 48.7 Å². The zero-order valence-corrected chi connectivity index (χ0v) is 17.7. The highest BCUT2D eigenvalue weighted by Gasteiger charge is 2.27. The minimum Gasteiger partial charge on any atom is -0.484 e. The van der Waals surface area contributed by atoms with Crippen molar-refractivity contribution in [3.8, 4) is 5.75 Å². The van der Waals surface area contributed by atoms with Gasteiger partial charge in [0.05, 0.1) is 11.9 Å². The highest BCUT2D eigenvalue weighted by molar-refractivity contribution is 5.92. The Labute approximate surface area is 178 Å². The average Bonchev–Trinajstić information content (AvgIpc) is 2.80. The third-order valence-corrected chi connectivity index (χ3v) is 5.43. The summed E-state index contributed by atoms with van der Waals surface area (Å²) in [5.74, 6) is 1.42. The van der Waals surface area contributed by atoms with Gasteiger partial charge in [-0.2, -0.15) is 0 Å². The molecule has 0 aliphatic carbocycles. The van der Waals surface area contributed by atoms with Crippen LogP contribution in [0.1, 0.15) is 26.7 Å². The van der Waals surface area contributed by atoms with Gasteiger partial charge in [-0.3, -0.25) is 9.59 Å². The maximum absolute atomic E-state index is 12.6. The van der Waals surface area contributed by atoms with E-state index in [1.54, 1.807) is 11.1 Å². The number of anilines is 2. The highest BCUT2D eigenvalue weighted by Crippen LogP contribution is 2.21. The molecule has 1 fully saturated rings. The van der Waals surface area contributed by atoms with Crippen molar-refractivity contribution >= 4 is 23.3 Å². The van der Waals surface area contributed by atoms with E-state index in [1.165, 1.54) is 0 Å². The third kappa shape index (κ3) is 5.72. The largest absolute Gasteiger partial charge is 0.484 e. The van der Waals surface area contributed by atoms with E-state index in [2.05, 4.69) is 29.0 Å². The van der Waals surface area contributed by atoms with Crippen molar-refractivity contribution in [2.45, 2.75) is 26.7 Å². The molecule has 160 valence electrons. The average molecular weight is 411 g/mol. The third-order valence-electron chi connectivity index (χ3n) is 5.43. The second kappa shape index (κ2) is 10.6. The molecule has 2 aromatic rings. The van der Waals surface area contributed by atoms with E-state index in [9.17, 15) is 9.59 Å². The summed E-state index contributed by atoms with van der Waals surface area (Å²) < 4.78 is 5.54. The summed E-state index contributed by atoms with van der Waals surface area (Å²) in [5.41, 5.74) is 0.700. The first kappa shape index (κ1) is 21.6. The number of para-hydroxylation sites is 1. The van der Waals surface area contributed by atoms with Crippen LogP contribution in [-0.4, -0.2) is 54.5 Å². The number of nitrogens with zero attached hydrogens (tertiary/aromatic N) is 3. The van der Waals surface area contributed by atoms with Crippen LogP contribution < -0.4 is 15.0 Å². The number of carbonyl (C=O) groups is 2. The summed E-state index contributed by atoms with van der Waals surface area (Å²) in [4.78, 5) is 33.3. The maximum atomic E-state index is 12.6. The second-order valence-electron chi connectivity index (χ2n) is 7.32. The molecule has 1 aliphatic rings. The van der Waals surface area contributed by atoms with Gasteiger partial charge in [0, 0.05) is 32.1 Å². The molecule has 1 aromatic carbocycles. The first-order chi connectivity index (χ1) is 14.6. The molecule has 2 amide bonds. The Hall–Kier alpha value is -3.09. The number of likely N-dealkylation sites (tertiary alicyclic amines) is 1. The van der Waals surface area contributed by atoms with Crippen molar-refractivity contribution in [1.29, 1.82) is 0 Å². The van der Waals surface area contributed by atoms with Crippen LogP contribution in [0.5, 0.6) is 5.75 Å². The number of rotatable bonds is 8. The topological polar surface area (TPSA) is 74.8 Å². The molecule has 7 nitrogen and oxygen atoms in total. The zero-order chi connectivity index (χ0) is 21.3. The van der Waals surface area contributed by atoms with Crippen molar-refractivity contribution in [2.24, 2.45) is 5.92 Å². The van der Waals surface area contributed by atoms with Gasteiger partial charge < -0.3 is 19.9 Å². The first-order valence-electron chi connectivity index (χ1n) is 10.6. The van der Waals surface area contributed by atoms with Crippen LogP contribution in [0, 0.1) is 5.92 Å². The van der Waals surface area contributed by atoms with Crippen LogP contribution in [0.2, 0.25) is 0 Å². The Morgan fingerprint density at radius 3 is 2.40 bits per heavy atom. The van der Waals surface area contributed by atoms with Gasteiger partial charge in [0.2, 0.25) is 5.91 Å². The van der Waals surface area contributed by atoms with E-state index in [4.69, 9.17) is 4.74 Å². The molecule has 1 N–H and O–H groups in total. The quantitative estimate of drug-likeness (QED) is 0.723. The van der Waals surface area contributed by atoms with Crippen LogP contribution >= 0.6 is 0 Å². The molecular weight excluding hydrogens is 380 g/mol. The van der Waals surface area contributed by atoms with Gasteiger partial charge in [-0.1, -0.05) is 18.2 Å². The normalized spacial score (nSPS) is 14.3. The minimum atomic E-state index is -0.105. The van der Waals surface area contributed by atoms with Crippen LogP contribution in [0.3, 0.4) is 0 Å². The fourth-order valence-corrected chi connectivity index (χ4v) is 3.58. The number of amides is 2. The monoisotopic (exact) mass is 410 g/mol. The molecule has 3 rings (SSSR count). The summed E-state index contributed by atoms with van der Waals surface area (Å²) in [6.07, 6.45) is 2.99. The maximum Gasteiger partial charge on any atom is 0.260 e. The Balaban J connectivity index is 1.44. The molecule has 1 aromatic heterocycles. The van der Waals surface area contributed by atoms with E-state index in [1.807, 2.05) is 42.5 Å². The van der Waals surface area contributed by atoms with Crippen LogP contribution in [0.4, 0.5) is 11.5 Å². The van der Waals surface area contributed by atoms with Crippen LogP contribution in [-0.2, 0) is 9.59 Å². The predicted molar refractivity (Wildman–Crippen MR) is 118 cm³/mol. The molecule has 7 heteroatoms. The fraction of sp³-hybridized carbons (Fsp3) is 0.435. The summed E-state index contributed by atoms with van der Waals surface area (Å²) in [5, 5.41) is 2.96. The van der Waals surface area contributed by atoms with Gasteiger partial charge in [0.25, 0.3) is 5.91 Å². The van der Waals surface area contributed by atoms with E-state index >= 15 is 0 Å². The van der Waals surface area contributed by atoms with Gasteiger partial charge in [-0.15, -0.1) is 0 Å². The SMILES string of the molecule is CCN(CC)c1ccc(NC(=O)C2CCN(C(=O)COc3ccccc3)CC2)cn1. The van der Waals surface area contributed by atoms with Gasteiger partial charge in [0.1, 0.15) is 11.6 Å². The number of aromatic nitrogens is 1. The lowest BCUT2D eigenvalue weighted by Crippen LogP contribution is -2.43. The lowest BCUT2D eigenvalue weighted by Gasteiger charge is -2.31. The summed E-state index contributed by atoms with van der Waals surface area (Å²) in [6, 6.07) is 13.1. The predicted octanol–water partition coefficient (Wildman–Crippen LogP) is 3.18. The summed E-state index contributed by atoms with van der Waals surface area (Å²) >= 11 is 0. The molecule has 0 saturated carbocycles. The summed E-state index contributed by atoms with van der Waals surface area (Å²) in [6.45, 7) is 7.11. The zero-order valence-electron chi connectivity index (χ0n) is 17.7. The van der Waals surface area contributed by atoms with E-state index in [-0.39, 0.29) is 24.3 Å². The Morgan fingerprint density at radius 2 is 1.80 bits per heavy atom. The van der Waals surface area contributed by atoms with Crippen LogP contribution in [0.25, 0.3) is 0 Å². The molecule has 1 saturated heterocycles. The lowest BCUT2D eigenvalue weighted by atomic mass is 9.96. The number of nitrogens with one attached hydrogen (secondary N) is 1. The molecule has 2 heterocycles. The molecule has 1 aliphatic heterocycles. The van der Waals surface area contributed by atoms with Gasteiger partial charge in [-0.25, -0.2) is 4.98 Å². The summed E-state index contributed by atoms with van der Waals surface area (Å²) in [7, 11) is 0. The molecule has 0 radical (unpaired) electrons. The number of piperidine rings is 1. The second-order valence-corrected chi connectivity index (χ2v) is 7.32.